The Kier molecular flexibility index (Phi) is 5.75. The van der Waals surface area contributed by atoms with Crippen LogP contribution >= 0.6 is 0 Å². The molecule has 2 atom stereocenters. The quantitative estimate of drug-likeness (QED) is 0.800. The van der Waals surface area contributed by atoms with Gasteiger partial charge >= 0.3 is 0 Å². The number of hydrogen-bond donors (Lipinski definition) is 2. The summed E-state index contributed by atoms with van der Waals surface area (Å²) in [6.07, 6.45) is 2.25. The van der Waals surface area contributed by atoms with Gasteiger partial charge in [0.2, 0.25) is 5.91 Å². The van der Waals surface area contributed by atoms with Crippen LogP contribution in [0.25, 0.3) is 0 Å². The molecule has 1 aromatic carbocycles. The Bertz CT molecular complexity index is 437. The first kappa shape index (κ1) is 16.7. The third kappa shape index (κ3) is 4.97. The predicted octanol–water partition coefficient (Wildman–Crippen LogP) is 3.49. The van der Waals surface area contributed by atoms with Gasteiger partial charge in [0.1, 0.15) is 0 Å². The fraction of sp³-hybridized carbons (Fsp3) is 0.588. The van der Waals surface area contributed by atoms with Gasteiger partial charge in [0.15, 0.2) is 0 Å². The average molecular weight is 276 g/mol. The second kappa shape index (κ2) is 6.89. The van der Waals surface area contributed by atoms with E-state index < -0.39 is 0 Å². The van der Waals surface area contributed by atoms with E-state index in [2.05, 4.69) is 38.1 Å². The minimum absolute atomic E-state index is 0.0599. The zero-order valence-electron chi connectivity index (χ0n) is 13.1. The number of benzene rings is 1. The summed E-state index contributed by atoms with van der Waals surface area (Å²) in [5, 5.41) is 0. The van der Waals surface area contributed by atoms with Crippen LogP contribution in [0, 0.1) is 5.41 Å². The van der Waals surface area contributed by atoms with E-state index in [1.165, 1.54) is 5.56 Å². The topological polar surface area (TPSA) is 69.1 Å². The van der Waals surface area contributed by atoms with Crippen LogP contribution in [0.2, 0.25) is 0 Å². The lowest BCUT2D eigenvalue weighted by molar-refractivity contribution is -0.120. The van der Waals surface area contributed by atoms with Crippen LogP contribution in [-0.2, 0) is 4.79 Å². The van der Waals surface area contributed by atoms with Crippen molar-refractivity contribution in [2.24, 2.45) is 16.9 Å². The van der Waals surface area contributed by atoms with Crippen molar-refractivity contribution < 1.29 is 4.79 Å². The van der Waals surface area contributed by atoms with Crippen molar-refractivity contribution in [3.8, 4) is 0 Å². The van der Waals surface area contributed by atoms with Crippen LogP contribution in [0.15, 0.2) is 24.3 Å². The van der Waals surface area contributed by atoms with E-state index in [4.69, 9.17) is 11.5 Å². The summed E-state index contributed by atoms with van der Waals surface area (Å²) >= 11 is 0. The van der Waals surface area contributed by atoms with E-state index in [9.17, 15) is 4.79 Å². The number of nitrogens with two attached hydrogens (primary N) is 2. The lowest BCUT2D eigenvalue weighted by Crippen LogP contribution is -2.27. The third-order valence-corrected chi connectivity index (χ3v) is 3.97. The third-order valence-electron chi connectivity index (χ3n) is 3.97. The van der Waals surface area contributed by atoms with Crippen LogP contribution < -0.4 is 11.5 Å². The molecule has 112 valence electrons. The van der Waals surface area contributed by atoms with Crippen LogP contribution in [-0.4, -0.2) is 5.91 Å². The molecule has 0 saturated heterocycles. The van der Waals surface area contributed by atoms with Crippen molar-refractivity contribution >= 4 is 5.91 Å². The molecule has 0 saturated carbocycles. The molecule has 1 aromatic rings. The van der Waals surface area contributed by atoms with Crippen LogP contribution in [0.4, 0.5) is 0 Å². The first-order chi connectivity index (χ1) is 9.25. The summed E-state index contributed by atoms with van der Waals surface area (Å²) in [6, 6.07) is 8.46. The van der Waals surface area contributed by atoms with Crippen LogP contribution in [0.5, 0.6) is 0 Å². The number of primary amides is 1. The van der Waals surface area contributed by atoms with Crippen molar-refractivity contribution in [2.45, 2.75) is 58.9 Å². The SMILES string of the molecule is CCC(C)c1ccc(C(N)CC(C)(C)CC(N)=O)cc1. The van der Waals surface area contributed by atoms with Gasteiger partial charge < -0.3 is 11.5 Å². The van der Waals surface area contributed by atoms with Gasteiger partial charge in [-0.15, -0.1) is 0 Å². The van der Waals surface area contributed by atoms with Gasteiger partial charge in [-0.1, -0.05) is 52.0 Å². The van der Waals surface area contributed by atoms with Gasteiger partial charge in [-0.05, 0) is 35.3 Å². The Morgan fingerprint density at radius 2 is 1.70 bits per heavy atom. The summed E-state index contributed by atoms with van der Waals surface area (Å²) in [6.45, 7) is 8.48. The van der Waals surface area contributed by atoms with Crippen molar-refractivity contribution in [3.05, 3.63) is 35.4 Å². The lowest BCUT2D eigenvalue weighted by atomic mass is 9.80. The Morgan fingerprint density at radius 1 is 1.20 bits per heavy atom. The number of carbonyl (C=O) groups is 1. The first-order valence-electron chi connectivity index (χ1n) is 7.39. The summed E-state index contributed by atoms with van der Waals surface area (Å²) in [7, 11) is 0. The highest BCUT2D eigenvalue weighted by Crippen LogP contribution is 2.32. The number of carbonyl (C=O) groups excluding carboxylic acids is 1. The maximum atomic E-state index is 11.1. The second-order valence-corrected chi connectivity index (χ2v) is 6.59. The van der Waals surface area contributed by atoms with Crippen molar-refractivity contribution in [1.82, 2.24) is 0 Å². The molecule has 2 unspecified atom stereocenters. The van der Waals surface area contributed by atoms with E-state index in [-0.39, 0.29) is 17.4 Å². The molecule has 3 heteroatoms. The summed E-state index contributed by atoms with van der Waals surface area (Å²) in [5.41, 5.74) is 13.8. The highest BCUT2D eigenvalue weighted by atomic mass is 16.1. The predicted molar refractivity (Wildman–Crippen MR) is 84.3 cm³/mol. The monoisotopic (exact) mass is 276 g/mol. The van der Waals surface area contributed by atoms with Crippen molar-refractivity contribution in [2.75, 3.05) is 0 Å². The van der Waals surface area contributed by atoms with E-state index in [1.54, 1.807) is 0 Å². The number of amides is 1. The standard InChI is InChI=1S/C17H28N2O/c1-5-12(2)13-6-8-14(9-7-13)15(18)10-17(3,4)11-16(19)20/h6-9,12,15H,5,10-11,18H2,1-4H3,(H2,19,20). The van der Waals surface area contributed by atoms with Gasteiger partial charge in [0.25, 0.3) is 0 Å². The van der Waals surface area contributed by atoms with Gasteiger partial charge in [0, 0.05) is 12.5 Å². The molecule has 0 spiro atoms. The average Bonchev–Trinajstić information content (AvgIpc) is 2.35. The Hall–Kier alpha value is -1.35. The molecular formula is C17H28N2O. The Labute approximate surface area is 122 Å². The zero-order chi connectivity index (χ0) is 15.3. The van der Waals surface area contributed by atoms with Crippen molar-refractivity contribution in [3.63, 3.8) is 0 Å². The van der Waals surface area contributed by atoms with Crippen LogP contribution in [0.1, 0.15) is 70.0 Å². The van der Waals surface area contributed by atoms with Crippen LogP contribution in [0.3, 0.4) is 0 Å². The summed E-state index contributed by atoms with van der Waals surface area (Å²) in [5.74, 6) is 0.306. The molecule has 1 rings (SSSR count). The van der Waals surface area contributed by atoms with E-state index in [0.29, 0.717) is 12.3 Å². The molecular weight excluding hydrogens is 248 g/mol. The van der Waals surface area contributed by atoms with Gasteiger partial charge in [-0.2, -0.15) is 0 Å². The van der Waals surface area contributed by atoms with E-state index in [0.717, 1.165) is 18.4 Å². The molecule has 0 heterocycles. The maximum Gasteiger partial charge on any atom is 0.217 e. The Morgan fingerprint density at radius 3 is 2.15 bits per heavy atom. The molecule has 0 fully saturated rings. The Balaban J connectivity index is 2.72. The van der Waals surface area contributed by atoms with E-state index >= 15 is 0 Å². The van der Waals surface area contributed by atoms with Crippen molar-refractivity contribution in [1.29, 1.82) is 0 Å². The molecule has 1 amide bonds. The summed E-state index contributed by atoms with van der Waals surface area (Å²) in [4.78, 5) is 11.1. The van der Waals surface area contributed by atoms with Gasteiger partial charge in [0.05, 0.1) is 0 Å². The largest absolute Gasteiger partial charge is 0.370 e. The molecule has 3 nitrogen and oxygen atoms in total. The number of hydrogen-bond acceptors (Lipinski definition) is 2. The minimum atomic E-state index is -0.269. The fourth-order valence-corrected chi connectivity index (χ4v) is 2.56. The molecule has 0 radical (unpaired) electrons. The molecule has 20 heavy (non-hydrogen) atoms. The highest BCUT2D eigenvalue weighted by molar-refractivity contribution is 5.74. The summed E-state index contributed by atoms with van der Waals surface area (Å²) < 4.78 is 0. The molecule has 0 aromatic heterocycles. The molecule has 4 N–H and O–H groups in total. The first-order valence-corrected chi connectivity index (χ1v) is 7.39. The van der Waals surface area contributed by atoms with Gasteiger partial charge in [-0.25, -0.2) is 0 Å². The number of rotatable bonds is 7. The fourth-order valence-electron chi connectivity index (χ4n) is 2.56. The highest BCUT2D eigenvalue weighted by Gasteiger charge is 2.24. The maximum absolute atomic E-state index is 11.1. The molecule has 0 aliphatic rings. The normalized spacial score (nSPS) is 14.8. The lowest BCUT2D eigenvalue weighted by Gasteiger charge is -2.27. The zero-order valence-corrected chi connectivity index (χ0v) is 13.1. The van der Waals surface area contributed by atoms with E-state index in [1.807, 2.05) is 13.8 Å². The minimum Gasteiger partial charge on any atom is -0.370 e. The van der Waals surface area contributed by atoms with Gasteiger partial charge in [-0.3, -0.25) is 4.79 Å². The molecule has 0 aliphatic carbocycles. The smallest absolute Gasteiger partial charge is 0.217 e. The molecule has 0 aliphatic heterocycles. The second-order valence-electron chi connectivity index (χ2n) is 6.59. The molecule has 0 bridgehead atoms.